The minimum atomic E-state index is -2.14. The number of halogens is 1. The Labute approximate surface area is 82.4 Å². The minimum Gasteiger partial charge on any atom is -0.349 e. The maximum atomic E-state index is 13.0. The van der Waals surface area contributed by atoms with Crippen molar-refractivity contribution in [3.8, 4) is 0 Å². The third-order valence-electron chi connectivity index (χ3n) is 1.61. The molecule has 0 heterocycles. The van der Waals surface area contributed by atoms with Crippen molar-refractivity contribution in [3.05, 3.63) is 35.6 Å². The predicted octanol–water partition coefficient (Wildman–Crippen LogP) is 2.42. The number of hydrogen-bond donors (Lipinski definition) is 1. The number of rotatable bonds is 4. The van der Waals surface area contributed by atoms with Gasteiger partial charge in [-0.3, -0.25) is 0 Å². The zero-order valence-corrected chi connectivity index (χ0v) is 8.58. The van der Waals surface area contributed by atoms with Crippen molar-refractivity contribution in [2.24, 2.45) is 0 Å². The Kier molecular flexibility index (Phi) is 4.14. The Morgan fingerprint density at radius 3 is 2.79 bits per heavy atom. The molecule has 0 spiro atoms. The minimum absolute atomic E-state index is 0.0905. The second-order valence-electron chi connectivity index (χ2n) is 2.78. The monoisotopic (exact) mass is 217 g/mol. The third kappa shape index (κ3) is 3.14. The summed E-state index contributed by atoms with van der Waals surface area (Å²) in [4.78, 5) is 0. The Morgan fingerprint density at radius 2 is 2.21 bits per heavy atom. The van der Waals surface area contributed by atoms with E-state index in [0.717, 1.165) is 0 Å². The maximum Gasteiger partial charge on any atom is 0.540 e. The van der Waals surface area contributed by atoms with Gasteiger partial charge in [-0.2, -0.15) is 0 Å². The Balaban J connectivity index is 2.54. The molecule has 0 aliphatic rings. The van der Waals surface area contributed by atoms with E-state index < -0.39 is 19.7 Å². The lowest BCUT2D eigenvalue weighted by molar-refractivity contribution is 0.227. The largest absolute Gasteiger partial charge is 0.540 e. The number of hydrogen-bond acceptors (Lipinski definition) is 3. The molecule has 3 nitrogen and oxygen atoms in total. The highest BCUT2D eigenvalue weighted by atomic mass is 31.1. The summed E-state index contributed by atoms with van der Waals surface area (Å²) in [5, 5.41) is 8.87. The molecule has 1 rings (SSSR count). The number of aliphatic hydroxyl groups excluding tert-OH is 1. The van der Waals surface area contributed by atoms with Crippen LogP contribution in [-0.2, 0) is 15.7 Å². The smallest absolute Gasteiger partial charge is 0.349 e. The highest BCUT2D eigenvalue weighted by molar-refractivity contribution is 7.39. The molecule has 1 aromatic rings. The van der Waals surface area contributed by atoms with E-state index in [1.165, 1.54) is 13.0 Å². The molecule has 0 fully saturated rings. The summed E-state index contributed by atoms with van der Waals surface area (Å²) in [6.07, 6.45) is 0. The van der Waals surface area contributed by atoms with Crippen LogP contribution in [0.5, 0.6) is 0 Å². The van der Waals surface area contributed by atoms with Gasteiger partial charge in [-0.1, -0.05) is 18.2 Å². The molecule has 0 saturated heterocycles. The van der Waals surface area contributed by atoms with Crippen molar-refractivity contribution >= 4 is 8.03 Å². The summed E-state index contributed by atoms with van der Waals surface area (Å²) in [6.45, 7) is 1.27. The second-order valence-corrected chi connectivity index (χ2v) is 4.36. The van der Waals surface area contributed by atoms with Gasteiger partial charge in [0.05, 0.1) is 0 Å². The highest BCUT2D eigenvalue weighted by Crippen LogP contribution is 2.28. The zero-order chi connectivity index (χ0) is 10.6. The van der Waals surface area contributed by atoms with E-state index in [2.05, 4.69) is 0 Å². The van der Waals surface area contributed by atoms with Gasteiger partial charge in [0.1, 0.15) is 12.4 Å². The summed E-state index contributed by atoms with van der Waals surface area (Å²) in [7, 11) is -2.14. The maximum absolute atomic E-state index is 13.0. The average molecular weight is 217 g/mol. The van der Waals surface area contributed by atoms with Crippen LogP contribution in [0.3, 0.4) is 0 Å². The molecule has 0 aromatic heterocycles. The van der Waals surface area contributed by atoms with Crippen molar-refractivity contribution in [3.63, 3.8) is 0 Å². The summed E-state index contributed by atoms with van der Waals surface area (Å²) in [6, 6.07) is 6.07. The van der Waals surface area contributed by atoms with Crippen LogP contribution >= 0.6 is 8.03 Å². The summed E-state index contributed by atoms with van der Waals surface area (Å²) < 4.78 is 28.8. The normalized spacial score (nSPS) is 13.8. The van der Waals surface area contributed by atoms with Gasteiger partial charge in [0.15, 0.2) is 0 Å². The van der Waals surface area contributed by atoms with Crippen LogP contribution in [0, 0.1) is 5.82 Å². The highest BCUT2D eigenvalue weighted by Gasteiger charge is 2.25. The van der Waals surface area contributed by atoms with Crippen LogP contribution in [0.15, 0.2) is 24.3 Å². The van der Waals surface area contributed by atoms with E-state index in [4.69, 9.17) is 9.63 Å². The van der Waals surface area contributed by atoms with Crippen molar-refractivity contribution in [1.82, 2.24) is 0 Å². The van der Waals surface area contributed by atoms with Crippen molar-refractivity contribution in [1.29, 1.82) is 0 Å². The van der Waals surface area contributed by atoms with E-state index in [1.54, 1.807) is 18.2 Å². The quantitative estimate of drug-likeness (QED) is 0.788. The second kappa shape index (κ2) is 5.15. The lowest BCUT2D eigenvalue weighted by Gasteiger charge is -1.97. The summed E-state index contributed by atoms with van der Waals surface area (Å²) >= 11 is 0. The van der Waals surface area contributed by atoms with Gasteiger partial charge in [0.2, 0.25) is 0 Å². The summed E-state index contributed by atoms with van der Waals surface area (Å²) in [5.41, 5.74) is 0.330. The van der Waals surface area contributed by atoms with E-state index in [1.807, 2.05) is 0 Å². The fourth-order valence-electron chi connectivity index (χ4n) is 0.856. The molecule has 14 heavy (non-hydrogen) atoms. The topological polar surface area (TPSA) is 46.5 Å². The van der Waals surface area contributed by atoms with Crippen LogP contribution in [0.2, 0.25) is 0 Å². The number of benzene rings is 1. The first kappa shape index (κ1) is 11.2. The molecule has 0 aliphatic carbocycles. The molecule has 0 amide bonds. The molecular formula is C9H11FO3P+. The average Bonchev–Trinajstić information content (AvgIpc) is 2.16. The van der Waals surface area contributed by atoms with Gasteiger partial charge in [0, 0.05) is 12.5 Å². The molecule has 5 heteroatoms. The lowest BCUT2D eigenvalue weighted by atomic mass is 10.2. The third-order valence-corrected chi connectivity index (χ3v) is 2.60. The van der Waals surface area contributed by atoms with Crippen molar-refractivity contribution < 1.29 is 18.6 Å². The van der Waals surface area contributed by atoms with Crippen LogP contribution < -0.4 is 0 Å². The SMILES string of the molecule is CC(O)[P+](=O)OCc1ccccc1F. The molecule has 2 unspecified atom stereocenters. The Hall–Kier alpha value is -0.830. The molecule has 2 atom stereocenters. The Bertz CT molecular complexity index is 328. The molecule has 0 bridgehead atoms. The van der Waals surface area contributed by atoms with E-state index in [-0.39, 0.29) is 6.61 Å². The molecule has 0 radical (unpaired) electrons. The first-order chi connectivity index (χ1) is 6.61. The van der Waals surface area contributed by atoms with E-state index >= 15 is 0 Å². The fraction of sp³-hybridized carbons (Fsp3) is 0.333. The van der Waals surface area contributed by atoms with Crippen molar-refractivity contribution in [2.45, 2.75) is 19.4 Å². The van der Waals surface area contributed by atoms with Crippen LogP contribution in [0.1, 0.15) is 12.5 Å². The molecule has 1 N–H and O–H groups in total. The number of aliphatic hydroxyl groups is 1. The molecule has 0 saturated carbocycles. The van der Waals surface area contributed by atoms with Gasteiger partial charge in [-0.15, -0.1) is 4.52 Å². The van der Waals surface area contributed by atoms with Gasteiger partial charge < -0.3 is 5.11 Å². The molecule has 76 valence electrons. The van der Waals surface area contributed by atoms with Crippen LogP contribution in [-0.4, -0.2) is 11.0 Å². The summed E-state index contributed by atoms with van der Waals surface area (Å²) in [5.74, 6) is -1.43. The zero-order valence-electron chi connectivity index (χ0n) is 7.68. The fourth-order valence-corrected chi connectivity index (χ4v) is 1.34. The molecular weight excluding hydrogens is 206 g/mol. The van der Waals surface area contributed by atoms with Gasteiger partial charge in [-0.25, -0.2) is 4.39 Å². The predicted molar refractivity (Wildman–Crippen MR) is 50.5 cm³/mol. The first-order valence-corrected chi connectivity index (χ1v) is 5.36. The van der Waals surface area contributed by atoms with Gasteiger partial charge >= 0.3 is 8.03 Å². The van der Waals surface area contributed by atoms with E-state index in [9.17, 15) is 8.96 Å². The lowest BCUT2D eigenvalue weighted by Crippen LogP contribution is -1.96. The van der Waals surface area contributed by atoms with Crippen molar-refractivity contribution in [2.75, 3.05) is 0 Å². The standard InChI is InChI=1S/C9H11FO3P/c1-7(11)14(12)13-6-8-4-2-3-5-9(8)10/h2-5,7,11H,6H2,1H3/q+1. The van der Waals surface area contributed by atoms with Crippen LogP contribution in [0.4, 0.5) is 4.39 Å². The Morgan fingerprint density at radius 1 is 1.57 bits per heavy atom. The van der Waals surface area contributed by atoms with Crippen LogP contribution in [0.25, 0.3) is 0 Å². The molecule has 0 aliphatic heterocycles. The van der Waals surface area contributed by atoms with Gasteiger partial charge in [-0.05, 0) is 10.6 Å². The first-order valence-electron chi connectivity index (χ1n) is 4.12. The van der Waals surface area contributed by atoms with Gasteiger partial charge in [0.25, 0.3) is 5.85 Å². The van der Waals surface area contributed by atoms with E-state index in [0.29, 0.717) is 5.56 Å². The molecule has 1 aromatic carbocycles.